The molecule has 5 nitrogen and oxygen atoms in total. The predicted octanol–water partition coefficient (Wildman–Crippen LogP) is 3.85. The predicted molar refractivity (Wildman–Crippen MR) is 99.5 cm³/mol. The van der Waals surface area contributed by atoms with Crippen molar-refractivity contribution < 1.29 is 14.3 Å². The van der Waals surface area contributed by atoms with Gasteiger partial charge in [-0.1, -0.05) is 37.3 Å². The summed E-state index contributed by atoms with van der Waals surface area (Å²) < 4.78 is 7.17. The number of carbonyl (C=O) groups excluding carboxylic acids is 2. The molecule has 0 atom stereocenters. The molecule has 1 heterocycles. The molecule has 2 rings (SSSR count). The number of carbonyl (C=O) groups is 2. The molecule has 0 unspecified atom stereocenters. The van der Waals surface area contributed by atoms with Crippen LogP contribution in [0.5, 0.6) is 0 Å². The summed E-state index contributed by atoms with van der Waals surface area (Å²) >= 11 is 0. The van der Waals surface area contributed by atoms with E-state index >= 15 is 0 Å². The van der Waals surface area contributed by atoms with Gasteiger partial charge in [0.1, 0.15) is 11.6 Å². The normalized spacial score (nSPS) is 11.1. The Labute approximate surface area is 153 Å². The molecular formula is C21H22N2O3. The first-order valence-electron chi connectivity index (χ1n) is 8.51. The largest absolute Gasteiger partial charge is 0.453 e. The zero-order valence-corrected chi connectivity index (χ0v) is 15.3. The molecule has 0 aliphatic carbocycles. The second-order valence-corrected chi connectivity index (χ2v) is 6.01. The van der Waals surface area contributed by atoms with Crippen LogP contribution in [0.1, 0.15) is 40.7 Å². The van der Waals surface area contributed by atoms with Crippen molar-refractivity contribution in [2.24, 2.45) is 0 Å². The highest BCUT2D eigenvalue weighted by Crippen LogP contribution is 2.19. The van der Waals surface area contributed by atoms with Crippen LogP contribution in [0, 0.1) is 25.2 Å². The molecule has 26 heavy (non-hydrogen) atoms. The van der Waals surface area contributed by atoms with Gasteiger partial charge in [0.15, 0.2) is 12.4 Å². The molecule has 0 N–H and O–H groups in total. The van der Waals surface area contributed by atoms with E-state index in [2.05, 4.69) is 11.5 Å². The average Bonchev–Trinajstić information content (AvgIpc) is 2.92. The molecule has 0 aliphatic rings. The number of esters is 1. The molecule has 0 radical (unpaired) electrons. The molecule has 5 heteroatoms. The second-order valence-electron chi connectivity index (χ2n) is 6.01. The standard InChI is InChI=1S/C21H22N2O3/c1-4-10-23-15(2)11-18(16(23)3)12-19(13-22)21(25)26-14-20(24)17-8-6-5-7-9-17/h5-9,11-12H,4,10,14H2,1-3H3. The molecule has 1 aromatic heterocycles. The minimum Gasteiger partial charge on any atom is -0.453 e. The smallest absolute Gasteiger partial charge is 0.349 e. The fourth-order valence-corrected chi connectivity index (χ4v) is 2.75. The lowest BCUT2D eigenvalue weighted by atomic mass is 10.1. The molecule has 0 amide bonds. The number of aryl methyl sites for hydroxylation is 1. The van der Waals surface area contributed by atoms with Crippen molar-refractivity contribution in [2.45, 2.75) is 33.7 Å². The summed E-state index contributed by atoms with van der Waals surface area (Å²) in [6.07, 6.45) is 2.51. The molecule has 1 aromatic carbocycles. The Morgan fingerprint density at radius 1 is 1.23 bits per heavy atom. The van der Waals surface area contributed by atoms with E-state index in [4.69, 9.17) is 4.74 Å². The molecular weight excluding hydrogens is 328 g/mol. The summed E-state index contributed by atoms with van der Waals surface area (Å²) in [4.78, 5) is 24.2. The van der Waals surface area contributed by atoms with E-state index in [9.17, 15) is 14.9 Å². The molecule has 0 bridgehead atoms. The van der Waals surface area contributed by atoms with Gasteiger partial charge in [-0.3, -0.25) is 4.79 Å². The highest BCUT2D eigenvalue weighted by atomic mass is 16.5. The average molecular weight is 350 g/mol. The Bertz CT molecular complexity index is 871. The van der Waals surface area contributed by atoms with E-state index in [0.717, 1.165) is 29.9 Å². The van der Waals surface area contributed by atoms with Crippen molar-refractivity contribution in [3.63, 3.8) is 0 Å². The van der Waals surface area contributed by atoms with Gasteiger partial charge in [-0.15, -0.1) is 0 Å². The highest BCUT2D eigenvalue weighted by molar-refractivity contribution is 6.01. The molecule has 2 aromatic rings. The maximum absolute atomic E-state index is 12.2. The first-order chi connectivity index (χ1) is 12.5. The number of aromatic nitrogens is 1. The summed E-state index contributed by atoms with van der Waals surface area (Å²) in [5.74, 6) is -1.10. The van der Waals surface area contributed by atoms with Gasteiger partial charge in [0.25, 0.3) is 0 Å². The first kappa shape index (κ1) is 19.2. The second kappa shape index (κ2) is 8.82. The summed E-state index contributed by atoms with van der Waals surface area (Å²) in [7, 11) is 0. The number of ketones is 1. The van der Waals surface area contributed by atoms with Crippen LogP contribution in [0.4, 0.5) is 0 Å². The number of hydrogen-bond donors (Lipinski definition) is 0. The lowest BCUT2D eigenvalue weighted by molar-refractivity contribution is -0.137. The van der Waals surface area contributed by atoms with Gasteiger partial charge in [-0.2, -0.15) is 5.26 Å². The van der Waals surface area contributed by atoms with Crippen molar-refractivity contribution in [2.75, 3.05) is 6.61 Å². The Hall–Kier alpha value is -3.13. The molecule has 0 spiro atoms. The van der Waals surface area contributed by atoms with Crippen molar-refractivity contribution >= 4 is 17.8 Å². The molecule has 0 saturated carbocycles. The molecule has 134 valence electrons. The van der Waals surface area contributed by atoms with E-state index in [1.807, 2.05) is 26.0 Å². The quantitative estimate of drug-likeness (QED) is 0.329. The molecule has 0 aliphatic heterocycles. The monoisotopic (exact) mass is 350 g/mol. The van der Waals surface area contributed by atoms with Crippen molar-refractivity contribution in [3.05, 3.63) is 64.5 Å². The summed E-state index contributed by atoms with van der Waals surface area (Å²) in [6, 6.07) is 12.4. The van der Waals surface area contributed by atoms with E-state index in [-0.39, 0.29) is 11.4 Å². The van der Waals surface area contributed by atoms with Crippen LogP contribution in [0.3, 0.4) is 0 Å². The van der Waals surface area contributed by atoms with E-state index in [0.29, 0.717) is 5.56 Å². The van der Waals surface area contributed by atoms with Gasteiger partial charge in [0, 0.05) is 23.5 Å². The van der Waals surface area contributed by atoms with Gasteiger partial charge in [-0.05, 0) is 38.0 Å². The van der Waals surface area contributed by atoms with Gasteiger partial charge in [0.05, 0.1) is 0 Å². The Morgan fingerprint density at radius 3 is 2.54 bits per heavy atom. The summed E-state index contributed by atoms with van der Waals surface area (Å²) in [5, 5.41) is 9.30. The van der Waals surface area contributed by atoms with Gasteiger partial charge < -0.3 is 9.30 Å². The molecule has 0 saturated heterocycles. The van der Waals surface area contributed by atoms with Crippen LogP contribution >= 0.6 is 0 Å². The fourth-order valence-electron chi connectivity index (χ4n) is 2.75. The maximum Gasteiger partial charge on any atom is 0.349 e. The lowest BCUT2D eigenvalue weighted by Crippen LogP contribution is -2.15. The minimum absolute atomic E-state index is 0.123. The minimum atomic E-state index is -0.794. The van der Waals surface area contributed by atoms with Gasteiger partial charge >= 0.3 is 5.97 Å². The van der Waals surface area contributed by atoms with Crippen LogP contribution in [-0.4, -0.2) is 22.9 Å². The van der Waals surface area contributed by atoms with Crippen LogP contribution in [0.25, 0.3) is 6.08 Å². The van der Waals surface area contributed by atoms with E-state index in [1.165, 1.54) is 6.08 Å². The Kier molecular flexibility index (Phi) is 6.51. The third-order valence-corrected chi connectivity index (χ3v) is 4.13. The summed E-state index contributed by atoms with van der Waals surface area (Å²) in [6.45, 7) is 6.52. The van der Waals surface area contributed by atoms with Crippen LogP contribution in [0.15, 0.2) is 42.0 Å². The number of hydrogen-bond acceptors (Lipinski definition) is 4. The van der Waals surface area contributed by atoms with E-state index in [1.54, 1.807) is 30.3 Å². The van der Waals surface area contributed by atoms with Gasteiger partial charge in [-0.25, -0.2) is 4.79 Å². The highest BCUT2D eigenvalue weighted by Gasteiger charge is 2.16. The topological polar surface area (TPSA) is 72.1 Å². The third kappa shape index (κ3) is 4.48. The van der Waals surface area contributed by atoms with Crippen molar-refractivity contribution in [3.8, 4) is 6.07 Å². The van der Waals surface area contributed by atoms with Gasteiger partial charge in [0.2, 0.25) is 0 Å². The number of rotatable bonds is 7. The number of nitriles is 1. The number of Topliss-reactive ketones (excluding diaryl/α,β-unsaturated/α-hetero) is 1. The lowest BCUT2D eigenvalue weighted by Gasteiger charge is -2.07. The maximum atomic E-state index is 12.2. The number of nitrogens with zero attached hydrogens (tertiary/aromatic N) is 2. The zero-order valence-electron chi connectivity index (χ0n) is 15.3. The van der Waals surface area contributed by atoms with Crippen LogP contribution in [0.2, 0.25) is 0 Å². The van der Waals surface area contributed by atoms with E-state index < -0.39 is 12.6 Å². The van der Waals surface area contributed by atoms with Crippen molar-refractivity contribution in [1.29, 1.82) is 5.26 Å². The number of ether oxygens (including phenoxy) is 1. The summed E-state index contributed by atoms with van der Waals surface area (Å²) in [5.41, 5.74) is 3.21. The van der Waals surface area contributed by atoms with Crippen LogP contribution in [-0.2, 0) is 16.1 Å². The number of benzene rings is 1. The Balaban J connectivity index is 2.12. The SMILES string of the molecule is CCCn1c(C)cc(C=C(C#N)C(=O)OCC(=O)c2ccccc2)c1C. The third-order valence-electron chi connectivity index (χ3n) is 4.13. The zero-order chi connectivity index (χ0) is 19.1. The van der Waals surface area contributed by atoms with Crippen LogP contribution < -0.4 is 0 Å². The fraction of sp³-hybridized carbons (Fsp3) is 0.286. The van der Waals surface area contributed by atoms with Crippen molar-refractivity contribution in [1.82, 2.24) is 4.57 Å². The molecule has 0 fully saturated rings. The first-order valence-corrected chi connectivity index (χ1v) is 8.51. The Morgan fingerprint density at radius 2 is 1.92 bits per heavy atom.